The Morgan fingerprint density at radius 1 is 1.23 bits per heavy atom. The van der Waals surface area contributed by atoms with Crippen molar-refractivity contribution in [1.29, 1.82) is 5.41 Å². The van der Waals surface area contributed by atoms with Crippen LogP contribution in [0.15, 0.2) is 52.3 Å². The number of hydrogen-bond acceptors (Lipinski definition) is 4. The maximum Gasteiger partial charge on any atom is 0.168 e. The van der Waals surface area contributed by atoms with Gasteiger partial charge in [0.25, 0.3) is 0 Å². The lowest BCUT2D eigenvalue weighted by atomic mass is 10.1. The molecular weight excluding hydrogens is 324 g/mol. The van der Waals surface area contributed by atoms with Crippen LogP contribution in [0.25, 0.3) is 0 Å². The molecule has 0 aromatic rings. The lowest BCUT2D eigenvalue weighted by Gasteiger charge is -2.16. The Kier molecular flexibility index (Phi) is 9.52. The van der Waals surface area contributed by atoms with Crippen LogP contribution in [-0.4, -0.2) is 30.4 Å². The minimum atomic E-state index is -0.0825. The molecule has 5 heteroatoms. The van der Waals surface area contributed by atoms with Crippen LogP contribution in [0.3, 0.4) is 0 Å². The molecule has 0 saturated carbocycles. The van der Waals surface area contributed by atoms with Gasteiger partial charge < -0.3 is 10.6 Å². The molecule has 26 heavy (non-hydrogen) atoms. The lowest BCUT2D eigenvalue weighted by molar-refractivity contribution is -0.113. The first-order valence-electron chi connectivity index (χ1n) is 9.18. The summed E-state index contributed by atoms with van der Waals surface area (Å²) in [6.07, 6.45) is 11.8. The molecule has 0 radical (unpaired) electrons. The van der Waals surface area contributed by atoms with Gasteiger partial charge in [0.1, 0.15) is 0 Å². The summed E-state index contributed by atoms with van der Waals surface area (Å²) in [5.74, 6) is -0.0182. The van der Waals surface area contributed by atoms with Crippen molar-refractivity contribution in [1.82, 2.24) is 10.6 Å². The third-order valence-corrected chi connectivity index (χ3v) is 4.32. The second-order valence-electron chi connectivity index (χ2n) is 6.73. The van der Waals surface area contributed by atoms with Crippen LogP contribution in [-0.2, 0) is 4.79 Å². The molecule has 0 spiro atoms. The monoisotopic (exact) mass is 356 g/mol. The van der Waals surface area contributed by atoms with Gasteiger partial charge in [0.15, 0.2) is 11.6 Å². The third-order valence-electron chi connectivity index (χ3n) is 4.32. The predicted molar refractivity (Wildman–Crippen MR) is 111 cm³/mol. The van der Waals surface area contributed by atoms with Gasteiger partial charge in [-0.2, -0.15) is 0 Å². The van der Waals surface area contributed by atoms with Gasteiger partial charge in [-0.3, -0.25) is 10.2 Å². The van der Waals surface area contributed by atoms with E-state index in [9.17, 15) is 4.79 Å². The molecule has 1 saturated heterocycles. The van der Waals surface area contributed by atoms with Crippen molar-refractivity contribution in [2.75, 3.05) is 6.54 Å². The topological polar surface area (TPSA) is 77.3 Å². The number of allylic oxidation sites excluding steroid dienone is 5. The zero-order valence-electron chi connectivity index (χ0n) is 16.5. The van der Waals surface area contributed by atoms with Gasteiger partial charge in [-0.15, -0.1) is 0 Å². The lowest BCUT2D eigenvalue weighted by Crippen LogP contribution is -2.30. The molecular formula is C21H32N4O. The highest BCUT2D eigenvalue weighted by atomic mass is 16.1. The molecule has 1 aliphatic rings. The molecule has 0 aliphatic carbocycles. The van der Waals surface area contributed by atoms with E-state index in [0.717, 1.165) is 24.2 Å². The van der Waals surface area contributed by atoms with E-state index in [1.54, 1.807) is 19.2 Å². The number of aliphatic imine (C=N–C) groups is 1. The average molecular weight is 357 g/mol. The summed E-state index contributed by atoms with van der Waals surface area (Å²) in [7, 11) is 0. The van der Waals surface area contributed by atoms with Gasteiger partial charge in [-0.25, -0.2) is 4.99 Å². The number of ketones is 1. The van der Waals surface area contributed by atoms with Crippen LogP contribution >= 0.6 is 0 Å². The SMILES string of the molecule is C=C/C=C\C(N/C(C(=N)N=CC1CCCCCN1)=C(/C)C(C)=O)=C(C)C. The molecule has 5 nitrogen and oxygen atoms in total. The highest BCUT2D eigenvalue weighted by Crippen LogP contribution is 2.12. The number of carbonyl (C=O) groups is 1. The smallest absolute Gasteiger partial charge is 0.168 e. The van der Waals surface area contributed by atoms with Gasteiger partial charge in [0.05, 0.1) is 5.70 Å². The summed E-state index contributed by atoms with van der Waals surface area (Å²) in [4.78, 5) is 16.2. The zero-order valence-corrected chi connectivity index (χ0v) is 16.5. The fourth-order valence-electron chi connectivity index (χ4n) is 2.55. The number of nitrogens with one attached hydrogen (secondary N) is 3. The van der Waals surface area contributed by atoms with Gasteiger partial charge in [0, 0.05) is 23.5 Å². The second-order valence-corrected chi connectivity index (χ2v) is 6.73. The minimum absolute atomic E-state index is 0.0644. The normalized spacial score (nSPS) is 19.0. The van der Waals surface area contributed by atoms with E-state index in [4.69, 9.17) is 5.41 Å². The van der Waals surface area contributed by atoms with Crippen molar-refractivity contribution >= 4 is 17.8 Å². The van der Waals surface area contributed by atoms with Crippen LogP contribution in [0.5, 0.6) is 0 Å². The van der Waals surface area contributed by atoms with Crippen molar-refractivity contribution in [3.05, 3.63) is 47.3 Å². The van der Waals surface area contributed by atoms with Crippen LogP contribution in [0.2, 0.25) is 0 Å². The average Bonchev–Trinajstić information content (AvgIpc) is 2.87. The van der Waals surface area contributed by atoms with Crippen LogP contribution in [0.1, 0.15) is 53.4 Å². The molecule has 1 atom stereocenters. The minimum Gasteiger partial charge on any atom is -0.352 e. The molecule has 0 aromatic heterocycles. The zero-order chi connectivity index (χ0) is 19.5. The summed E-state index contributed by atoms with van der Waals surface area (Å²) in [5.41, 5.74) is 2.80. The molecule has 1 heterocycles. The first kappa shape index (κ1) is 21.8. The third kappa shape index (κ3) is 7.31. The highest BCUT2D eigenvalue weighted by molar-refractivity contribution is 6.07. The number of hydrogen-bond donors (Lipinski definition) is 3. The predicted octanol–water partition coefficient (Wildman–Crippen LogP) is 4.06. The molecule has 1 rings (SSSR count). The Hall–Kier alpha value is -2.27. The molecule has 1 fully saturated rings. The largest absolute Gasteiger partial charge is 0.352 e. The van der Waals surface area contributed by atoms with Crippen molar-refractivity contribution in [2.45, 2.75) is 59.4 Å². The fourth-order valence-corrected chi connectivity index (χ4v) is 2.55. The van der Waals surface area contributed by atoms with Gasteiger partial charge in [0.2, 0.25) is 0 Å². The summed E-state index contributed by atoms with van der Waals surface area (Å²) in [5, 5.41) is 15.0. The van der Waals surface area contributed by atoms with E-state index in [1.165, 1.54) is 26.2 Å². The Bertz CT molecular complexity index is 641. The van der Waals surface area contributed by atoms with Crippen LogP contribution in [0.4, 0.5) is 0 Å². The standard InChI is InChI=1S/C21H32N4O/c1-6-7-12-19(15(2)3)25-20(16(4)17(5)26)21(22)24-14-18-11-9-8-10-13-23-18/h6-7,12,14,18,22-23,25H,1,8-11,13H2,2-5H3/b12-7-,20-16-,22-21?,24-14?. The number of nitrogens with zero attached hydrogens (tertiary/aromatic N) is 1. The fraction of sp³-hybridized carbons (Fsp3) is 0.476. The van der Waals surface area contributed by atoms with Crippen molar-refractivity contribution in [3.63, 3.8) is 0 Å². The van der Waals surface area contributed by atoms with Crippen molar-refractivity contribution in [2.24, 2.45) is 4.99 Å². The summed E-state index contributed by atoms with van der Waals surface area (Å²) in [6, 6.07) is 0.181. The summed E-state index contributed by atoms with van der Waals surface area (Å²) in [6.45, 7) is 11.8. The summed E-state index contributed by atoms with van der Waals surface area (Å²) < 4.78 is 0. The van der Waals surface area contributed by atoms with E-state index in [2.05, 4.69) is 22.2 Å². The summed E-state index contributed by atoms with van der Waals surface area (Å²) >= 11 is 0. The van der Waals surface area contributed by atoms with E-state index < -0.39 is 0 Å². The van der Waals surface area contributed by atoms with E-state index in [-0.39, 0.29) is 17.7 Å². The molecule has 1 unspecified atom stereocenters. The Balaban J connectivity index is 3.06. The maximum atomic E-state index is 11.9. The quantitative estimate of drug-likeness (QED) is 0.279. The van der Waals surface area contributed by atoms with Gasteiger partial charge in [-0.1, -0.05) is 37.1 Å². The van der Waals surface area contributed by atoms with Gasteiger partial charge in [-0.05, 0) is 53.2 Å². The number of rotatable bonds is 7. The van der Waals surface area contributed by atoms with Crippen molar-refractivity contribution in [3.8, 4) is 0 Å². The Morgan fingerprint density at radius 2 is 1.96 bits per heavy atom. The molecule has 0 bridgehead atoms. The Labute approximate surface area is 157 Å². The van der Waals surface area contributed by atoms with E-state index in [1.807, 2.05) is 26.0 Å². The molecule has 1 aliphatic heterocycles. The van der Waals surface area contributed by atoms with Gasteiger partial charge >= 0.3 is 0 Å². The second kappa shape index (κ2) is 11.4. The number of amidine groups is 1. The molecule has 142 valence electrons. The number of Topliss-reactive ketones (excluding diaryl/α,β-unsaturated/α-hetero) is 1. The Morgan fingerprint density at radius 3 is 2.58 bits per heavy atom. The van der Waals surface area contributed by atoms with E-state index >= 15 is 0 Å². The van der Waals surface area contributed by atoms with Crippen LogP contribution in [0, 0.1) is 5.41 Å². The van der Waals surface area contributed by atoms with E-state index in [0.29, 0.717) is 11.3 Å². The molecule has 0 aromatic carbocycles. The highest BCUT2D eigenvalue weighted by Gasteiger charge is 2.14. The maximum absolute atomic E-state index is 11.9. The van der Waals surface area contributed by atoms with Crippen LogP contribution < -0.4 is 10.6 Å². The molecule has 3 N–H and O–H groups in total. The first-order chi connectivity index (χ1) is 12.4. The van der Waals surface area contributed by atoms with Crippen molar-refractivity contribution < 1.29 is 4.79 Å². The number of carbonyl (C=O) groups excluding carboxylic acids is 1. The first-order valence-corrected chi connectivity index (χ1v) is 9.18. The molecule has 0 amide bonds.